The summed E-state index contributed by atoms with van der Waals surface area (Å²) in [4.78, 5) is 45.5. The summed E-state index contributed by atoms with van der Waals surface area (Å²) < 4.78 is 16.4. The standard InChI is InChI=1S/C22H18N2O9/c25-20-17(21(26)33-22(32-20)10-2-1-3-11-22)12-14-4-7-16(8-5-14)31-19-9-6-15(23(27)28)13-18(19)24(29)30/h4-9,12-13H,1-3,10-11H2. The van der Waals surface area contributed by atoms with E-state index in [1.54, 1.807) is 0 Å². The van der Waals surface area contributed by atoms with Crippen molar-refractivity contribution < 1.29 is 33.6 Å². The molecule has 0 unspecified atom stereocenters. The molecule has 0 aromatic heterocycles. The molecule has 0 atom stereocenters. The topological polar surface area (TPSA) is 148 Å². The first-order valence-corrected chi connectivity index (χ1v) is 10.2. The summed E-state index contributed by atoms with van der Waals surface area (Å²) in [6, 6.07) is 9.06. The number of benzene rings is 2. The van der Waals surface area contributed by atoms with Crippen molar-refractivity contribution in [3.05, 3.63) is 73.8 Å². The Kier molecular flexibility index (Phi) is 5.78. The van der Waals surface area contributed by atoms with Crippen LogP contribution in [-0.2, 0) is 19.1 Å². The van der Waals surface area contributed by atoms with E-state index in [4.69, 9.17) is 14.2 Å². The molecular formula is C22H18N2O9. The third-order valence-electron chi connectivity index (χ3n) is 5.38. The number of nitrogens with zero attached hydrogens (tertiary/aromatic N) is 2. The Labute approximate surface area is 186 Å². The lowest BCUT2D eigenvalue weighted by atomic mass is 9.93. The summed E-state index contributed by atoms with van der Waals surface area (Å²) in [6.45, 7) is 0. The highest BCUT2D eigenvalue weighted by atomic mass is 16.7. The predicted octanol–water partition coefficient (Wildman–Crippen LogP) is 4.44. The van der Waals surface area contributed by atoms with Crippen LogP contribution in [0.3, 0.4) is 0 Å². The van der Waals surface area contributed by atoms with Crippen LogP contribution in [0.25, 0.3) is 6.08 Å². The van der Waals surface area contributed by atoms with Crippen LogP contribution in [-0.4, -0.2) is 27.6 Å². The maximum Gasteiger partial charge on any atom is 0.348 e. The van der Waals surface area contributed by atoms with Crippen LogP contribution in [0.2, 0.25) is 0 Å². The number of carbonyl (C=O) groups is 2. The average Bonchev–Trinajstić information content (AvgIpc) is 2.78. The Bertz CT molecular complexity index is 1140. The van der Waals surface area contributed by atoms with Crippen LogP contribution in [0.1, 0.15) is 37.7 Å². The summed E-state index contributed by atoms with van der Waals surface area (Å²) >= 11 is 0. The molecule has 11 nitrogen and oxygen atoms in total. The van der Waals surface area contributed by atoms with Gasteiger partial charge in [0.25, 0.3) is 11.5 Å². The molecule has 11 heteroatoms. The van der Waals surface area contributed by atoms with Crippen molar-refractivity contribution in [3.8, 4) is 11.5 Å². The van der Waals surface area contributed by atoms with E-state index in [0.717, 1.165) is 37.5 Å². The lowest BCUT2D eigenvalue weighted by molar-refractivity contribution is -0.394. The van der Waals surface area contributed by atoms with Crippen LogP contribution in [0.5, 0.6) is 11.5 Å². The highest BCUT2D eigenvalue weighted by Crippen LogP contribution is 2.38. The highest BCUT2D eigenvalue weighted by Gasteiger charge is 2.46. The Morgan fingerprint density at radius 3 is 2.09 bits per heavy atom. The van der Waals surface area contributed by atoms with Crippen molar-refractivity contribution >= 4 is 29.4 Å². The van der Waals surface area contributed by atoms with E-state index >= 15 is 0 Å². The molecule has 0 bridgehead atoms. The first-order chi connectivity index (χ1) is 15.8. The van der Waals surface area contributed by atoms with Gasteiger partial charge in [0.1, 0.15) is 11.3 Å². The number of non-ortho nitro benzene ring substituents is 1. The summed E-state index contributed by atoms with van der Waals surface area (Å²) in [7, 11) is 0. The van der Waals surface area contributed by atoms with E-state index in [1.807, 2.05) is 0 Å². The van der Waals surface area contributed by atoms with Crippen molar-refractivity contribution in [2.75, 3.05) is 0 Å². The molecule has 1 saturated carbocycles. The smallest absolute Gasteiger partial charge is 0.348 e. The van der Waals surface area contributed by atoms with E-state index in [2.05, 4.69) is 0 Å². The summed E-state index contributed by atoms with van der Waals surface area (Å²) in [5.41, 5.74) is -0.744. The second-order valence-corrected chi connectivity index (χ2v) is 7.65. The zero-order valence-corrected chi connectivity index (χ0v) is 17.2. The lowest BCUT2D eigenvalue weighted by Crippen LogP contribution is -2.47. The highest BCUT2D eigenvalue weighted by molar-refractivity contribution is 6.18. The molecule has 2 aromatic carbocycles. The molecule has 1 heterocycles. The van der Waals surface area contributed by atoms with Gasteiger partial charge in [-0.25, -0.2) is 9.59 Å². The minimum absolute atomic E-state index is 0.172. The van der Waals surface area contributed by atoms with Gasteiger partial charge < -0.3 is 14.2 Å². The van der Waals surface area contributed by atoms with E-state index < -0.39 is 38.9 Å². The monoisotopic (exact) mass is 454 g/mol. The SMILES string of the molecule is O=C1OC2(CCCCC2)OC(=O)C1=Cc1ccc(Oc2ccc([N+](=O)[O-])cc2[N+](=O)[O-])cc1. The molecule has 2 aromatic rings. The molecule has 0 N–H and O–H groups in total. The average molecular weight is 454 g/mol. The Hall–Kier alpha value is -4.28. The van der Waals surface area contributed by atoms with Crippen molar-refractivity contribution in [3.63, 3.8) is 0 Å². The number of ether oxygens (including phenoxy) is 3. The van der Waals surface area contributed by atoms with Gasteiger partial charge in [0.2, 0.25) is 5.75 Å². The molecule has 1 spiro atoms. The largest absolute Gasteiger partial charge is 0.450 e. The van der Waals surface area contributed by atoms with Crippen LogP contribution in [0.15, 0.2) is 48.0 Å². The number of hydrogen-bond acceptors (Lipinski definition) is 9. The van der Waals surface area contributed by atoms with Gasteiger partial charge in [-0.15, -0.1) is 0 Å². The third kappa shape index (κ3) is 4.66. The molecular weight excluding hydrogens is 436 g/mol. The van der Waals surface area contributed by atoms with Gasteiger partial charge in [0, 0.05) is 18.9 Å². The second-order valence-electron chi connectivity index (χ2n) is 7.65. The fraction of sp³-hybridized carbons (Fsp3) is 0.273. The molecule has 0 radical (unpaired) electrons. The predicted molar refractivity (Wildman–Crippen MR) is 112 cm³/mol. The molecule has 170 valence electrons. The molecule has 4 rings (SSSR count). The van der Waals surface area contributed by atoms with Crippen molar-refractivity contribution in [1.29, 1.82) is 0 Å². The second kappa shape index (κ2) is 8.69. The fourth-order valence-electron chi connectivity index (χ4n) is 3.74. The van der Waals surface area contributed by atoms with Crippen molar-refractivity contribution in [1.82, 2.24) is 0 Å². The van der Waals surface area contributed by atoms with E-state index in [1.165, 1.54) is 30.3 Å². The van der Waals surface area contributed by atoms with Crippen LogP contribution < -0.4 is 4.74 Å². The zero-order valence-electron chi connectivity index (χ0n) is 17.2. The molecule has 1 saturated heterocycles. The van der Waals surface area contributed by atoms with Crippen LogP contribution in [0, 0.1) is 20.2 Å². The van der Waals surface area contributed by atoms with Gasteiger partial charge >= 0.3 is 17.6 Å². The quantitative estimate of drug-likeness (QED) is 0.210. The van der Waals surface area contributed by atoms with Gasteiger partial charge in [-0.1, -0.05) is 18.6 Å². The number of esters is 2. The van der Waals surface area contributed by atoms with Gasteiger partial charge in [-0.2, -0.15) is 0 Å². The molecule has 0 amide bonds. The van der Waals surface area contributed by atoms with E-state index in [9.17, 15) is 29.8 Å². The number of carbonyl (C=O) groups excluding carboxylic acids is 2. The van der Waals surface area contributed by atoms with Gasteiger partial charge in [0.05, 0.1) is 15.9 Å². The summed E-state index contributed by atoms with van der Waals surface area (Å²) in [5.74, 6) is -2.61. The summed E-state index contributed by atoms with van der Waals surface area (Å²) in [6.07, 6.45) is 4.93. The number of nitro benzene ring substituents is 2. The first kappa shape index (κ1) is 21.9. The third-order valence-corrected chi connectivity index (χ3v) is 5.38. The van der Waals surface area contributed by atoms with E-state index in [-0.39, 0.29) is 17.1 Å². The Morgan fingerprint density at radius 2 is 1.52 bits per heavy atom. The molecule has 1 aliphatic heterocycles. The van der Waals surface area contributed by atoms with Crippen LogP contribution >= 0.6 is 0 Å². The minimum atomic E-state index is -1.17. The van der Waals surface area contributed by atoms with Gasteiger partial charge in [-0.3, -0.25) is 20.2 Å². The number of rotatable bonds is 5. The lowest BCUT2D eigenvalue weighted by Gasteiger charge is -2.38. The maximum absolute atomic E-state index is 12.4. The Morgan fingerprint density at radius 1 is 0.879 bits per heavy atom. The van der Waals surface area contributed by atoms with Gasteiger partial charge in [0.15, 0.2) is 0 Å². The molecule has 33 heavy (non-hydrogen) atoms. The summed E-state index contributed by atoms with van der Waals surface area (Å²) in [5, 5.41) is 22.1. The van der Waals surface area contributed by atoms with E-state index in [0.29, 0.717) is 18.4 Å². The fourth-order valence-corrected chi connectivity index (χ4v) is 3.74. The normalized spacial score (nSPS) is 17.2. The number of nitro groups is 2. The number of hydrogen-bond donors (Lipinski definition) is 0. The molecule has 1 aliphatic carbocycles. The molecule has 2 aliphatic rings. The van der Waals surface area contributed by atoms with Crippen LogP contribution in [0.4, 0.5) is 11.4 Å². The van der Waals surface area contributed by atoms with Crippen molar-refractivity contribution in [2.45, 2.75) is 37.9 Å². The van der Waals surface area contributed by atoms with Crippen molar-refractivity contribution in [2.24, 2.45) is 0 Å². The Balaban J connectivity index is 1.51. The minimum Gasteiger partial charge on any atom is -0.450 e. The molecule has 2 fully saturated rings. The maximum atomic E-state index is 12.4. The first-order valence-electron chi connectivity index (χ1n) is 10.2. The van der Waals surface area contributed by atoms with Gasteiger partial charge in [-0.05, 0) is 42.7 Å². The zero-order chi connectivity index (χ0) is 23.6.